The predicted molar refractivity (Wildman–Crippen MR) is 93.6 cm³/mol. The van der Waals surface area contributed by atoms with Crippen LogP contribution in [0.15, 0.2) is 36.7 Å². The lowest BCUT2D eigenvalue weighted by molar-refractivity contribution is -0.880. The molecule has 6 heteroatoms. The molecule has 1 fully saturated rings. The van der Waals surface area contributed by atoms with Crippen LogP contribution in [0.1, 0.15) is 16.8 Å². The molecule has 0 amide bonds. The number of anilines is 1. The Balaban J connectivity index is 1.82. The van der Waals surface area contributed by atoms with Crippen LogP contribution >= 0.6 is 0 Å². The molecule has 0 atom stereocenters. The fourth-order valence-corrected chi connectivity index (χ4v) is 3.40. The van der Waals surface area contributed by atoms with Gasteiger partial charge in [0.2, 0.25) is 0 Å². The van der Waals surface area contributed by atoms with Crippen molar-refractivity contribution in [1.82, 2.24) is 19.6 Å². The van der Waals surface area contributed by atoms with Gasteiger partial charge in [0, 0.05) is 17.7 Å². The van der Waals surface area contributed by atoms with Gasteiger partial charge in [-0.1, -0.05) is 30.3 Å². The molecule has 1 aromatic carbocycles. The highest BCUT2D eigenvalue weighted by molar-refractivity contribution is 5.56. The molecule has 4 rings (SSSR count). The van der Waals surface area contributed by atoms with Crippen LogP contribution in [0.5, 0.6) is 0 Å². The number of quaternary nitrogens is 1. The molecule has 124 valence electrons. The molecule has 0 spiro atoms. The SMILES string of the molecule is Cc1nc2ncnn2c(N2CC[NH+](C)CC2)c1Cc1ccccc1. The van der Waals surface area contributed by atoms with Crippen molar-refractivity contribution < 1.29 is 4.90 Å². The van der Waals surface area contributed by atoms with E-state index in [2.05, 4.69) is 64.3 Å². The number of piperazine rings is 1. The smallest absolute Gasteiger partial charge is 0.254 e. The molecule has 0 bridgehead atoms. The summed E-state index contributed by atoms with van der Waals surface area (Å²) in [4.78, 5) is 13.0. The molecule has 1 aliphatic rings. The number of aromatic nitrogens is 4. The molecule has 1 saturated heterocycles. The van der Waals surface area contributed by atoms with Crippen molar-refractivity contribution >= 4 is 11.6 Å². The number of aryl methyl sites for hydroxylation is 1. The molecule has 0 radical (unpaired) electrons. The molecule has 3 heterocycles. The van der Waals surface area contributed by atoms with E-state index in [1.165, 1.54) is 11.1 Å². The Bertz CT molecular complexity index is 833. The quantitative estimate of drug-likeness (QED) is 0.756. The third-order valence-electron chi connectivity index (χ3n) is 4.84. The molecule has 0 unspecified atom stereocenters. The number of nitrogens with one attached hydrogen (secondary N) is 1. The zero-order valence-electron chi connectivity index (χ0n) is 14.2. The lowest BCUT2D eigenvalue weighted by atomic mass is 10.0. The van der Waals surface area contributed by atoms with Crippen molar-refractivity contribution in [1.29, 1.82) is 0 Å². The first-order valence-corrected chi connectivity index (χ1v) is 8.52. The number of likely N-dealkylation sites (N-methyl/N-ethyl adjacent to an activating group) is 1. The van der Waals surface area contributed by atoms with Gasteiger partial charge in [-0.2, -0.15) is 14.6 Å². The van der Waals surface area contributed by atoms with Crippen LogP contribution in [0.4, 0.5) is 5.82 Å². The van der Waals surface area contributed by atoms with Gasteiger partial charge in [0.1, 0.15) is 12.1 Å². The van der Waals surface area contributed by atoms with E-state index in [0.29, 0.717) is 5.78 Å². The monoisotopic (exact) mass is 323 g/mol. The number of fused-ring (bicyclic) bond motifs is 1. The van der Waals surface area contributed by atoms with Gasteiger partial charge in [0.15, 0.2) is 0 Å². The van der Waals surface area contributed by atoms with E-state index >= 15 is 0 Å². The second-order valence-electron chi connectivity index (χ2n) is 6.58. The van der Waals surface area contributed by atoms with E-state index in [-0.39, 0.29) is 0 Å². The second-order valence-corrected chi connectivity index (χ2v) is 6.58. The van der Waals surface area contributed by atoms with Gasteiger partial charge in [-0.3, -0.25) is 0 Å². The minimum Gasteiger partial charge on any atom is -0.345 e. The fourth-order valence-electron chi connectivity index (χ4n) is 3.40. The fraction of sp³-hybridized carbons (Fsp3) is 0.389. The zero-order valence-corrected chi connectivity index (χ0v) is 14.2. The summed E-state index contributed by atoms with van der Waals surface area (Å²) in [6.07, 6.45) is 2.46. The molecule has 24 heavy (non-hydrogen) atoms. The molecule has 0 aliphatic carbocycles. The van der Waals surface area contributed by atoms with Crippen molar-refractivity contribution in [2.24, 2.45) is 0 Å². The van der Waals surface area contributed by atoms with Gasteiger partial charge in [-0.25, -0.2) is 4.98 Å². The van der Waals surface area contributed by atoms with E-state index in [1.807, 2.05) is 4.52 Å². The summed E-state index contributed by atoms with van der Waals surface area (Å²) in [5.74, 6) is 1.84. The largest absolute Gasteiger partial charge is 0.345 e. The van der Waals surface area contributed by atoms with Gasteiger partial charge in [0.25, 0.3) is 5.78 Å². The van der Waals surface area contributed by atoms with E-state index in [9.17, 15) is 0 Å². The number of hydrogen-bond acceptors (Lipinski definition) is 4. The summed E-state index contributed by atoms with van der Waals surface area (Å²) in [6.45, 7) is 6.43. The lowest BCUT2D eigenvalue weighted by Crippen LogP contribution is -3.12. The number of hydrogen-bond donors (Lipinski definition) is 1. The van der Waals surface area contributed by atoms with Gasteiger partial charge < -0.3 is 9.80 Å². The molecule has 6 nitrogen and oxygen atoms in total. The van der Waals surface area contributed by atoms with Crippen LogP contribution < -0.4 is 9.80 Å². The molecule has 0 saturated carbocycles. The summed E-state index contributed by atoms with van der Waals surface area (Å²) in [5, 5.41) is 4.45. The molecule has 3 aromatic rings. The van der Waals surface area contributed by atoms with E-state index in [1.54, 1.807) is 11.2 Å². The Morgan fingerprint density at radius 2 is 1.88 bits per heavy atom. The second kappa shape index (κ2) is 6.20. The van der Waals surface area contributed by atoms with Crippen LogP contribution in [0.3, 0.4) is 0 Å². The van der Waals surface area contributed by atoms with Gasteiger partial charge in [0.05, 0.1) is 33.2 Å². The van der Waals surface area contributed by atoms with E-state index < -0.39 is 0 Å². The highest BCUT2D eigenvalue weighted by Crippen LogP contribution is 2.26. The average molecular weight is 323 g/mol. The van der Waals surface area contributed by atoms with Crippen molar-refractivity contribution in [2.45, 2.75) is 13.3 Å². The minimum atomic E-state index is 0.686. The van der Waals surface area contributed by atoms with Gasteiger partial charge >= 0.3 is 0 Å². The third kappa shape index (κ3) is 2.73. The Labute approximate surface area is 141 Å². The summed E-state index contributed by atoms with van der Waals surface area (Å²) in [6, 6.07) is 10.6. The van der Waals surface area contributed by atoms with E-state index in [0.717, 1.165) is 44.1 Å². The topological polar surface area (TPSA) is 50.8 Å². The zero-order chi connectivity index (χ0) is 16.5. The maximum atomic E-state index is 4.66. The number of benzene rings is 1. The molecular weight excluding hydrogens is 300 g/mol. The number of rotatable bonds is 3. The first-order chi connectivity index (χ1) is 11.7. The summed E-state index contributed by atoms with van der Waals surface area (Å²) < 4.78 is 1.91. The van der Waals surface area contributed by atoms with Gasteiger partial charge in [-0.05, 0) is 12.5 Å². The Hall–Kier alpha value is -2.47. The standard InChI is InChI=1S/C18H22N6/c1-14-16(12-15-6-4-3-5-7-15)17(23-10-8-22(2)9-11-23)24-18(21-14)19-13-20-24/h3-7,13H,8-12H2,1-2H3/p+1. The summed E-state index contributed by atoms with van der Waals surface area (Å²) >= 11 is 0. The highest BCUT2D eigenvalue weighted by Gasteiger charge is 2.24. The Morgan fingerprint density at radius 3 is 2.62 bits per heavy atom. The molecule has 1 N–H and O–H groups in total. The van der Waals surface area contributed by atoms with Crippen LogP contribution in [0, 0.1) is 6.92 Å². The number of nitrogens with zero attached hydrogens (tertiary/aromatic N) is 5. The van der Waals surface area contributed by atoms with Crippen molar-refractivity contribution in [2.75, 3.05) is 38.1 Å². The minimum absolute atomic E-state index is 0.686. The van der Waals surface area contributed by atoms with Crippen molar-refractivity contribution in [3.63, 3.8) is 0 Å². The van der Waals surface area contributed by atoms with Crippen LogP contribution in [0.25, 0.3) is 5.78 Å². The Kier molecular flexibility index (Phi) is 3.90. The maximum absolute atomic E-state index is 4.66. The van der Waals surface area contributed by atoms with Crippen molar-refractivity contribution in [3.8, 4) is 0 Å². The average Bonchev–Trinajstić information content (AvgIpc) is 3.05. The van der Waals surface area contributed by atoms with Crippen molar-refractivity contribution in [3.05, 3.63) is 53.5 Å². The normalized spacial score (nSPS) is 16.0. The summed E-state index contributed by atoms with van der Waals surface area (Å²) in [7, 11) is 2.26. The third-order valence-corrected chi connectivity index (χ3v) is 4.84. The van der Waals surface area contributed by atoms with Gasteiger partial charge in [-0.15, -0.1) is 0 Å². The predicted octanol–water partition coefficient (Wildman–Crippen LogP) is 0.358. The molecule has 2 aromatic heterocycles. The van der Waals surface area contributed by atoms with Crippen LogP contribution in [-0.2, 0) is 6.42 Å². The molecule has 1 aliphatic heterocycles. The highest BCUT2D eigenvalue weighted by atomic mass is 15.4. The van der Waals surface area contributed by atoms with Crippen LogP contribution in [0.2, 0.25) is 0 Å². The first-order valence-electron chi connectivity index (χ1n) is 8.52. The summed E-state index contributed by atoms with van der Waals surface area (Å²) in [5.41, 5.74) is 3.59. The Morgan fingerprint density at radius 1 is 1.12 bits per heavy atom. The maximum Gasteiger partial charge on any atom is 0.254 e. The molecular formula is C18H23N6+. The van der Waals surface area contributed by atoms with Crippen LogP contribution in [-0.4, -0.2) is 52.8 Å². The van der Waals surface area contributed by atoms with E-state index in [4.69, 9.17) is 0 Å². The first kappa shape index (κ1) is 15.1. The lowest BCUT2D eigenvalue weighted by Gasteiger charge is -2.33.